The molecule has 0 aliphatic heterocycles. The van der Waals surface area contributed by atoms with Crippen LogP contribution in [0.5, 0.6) is 5.75 Å². The van der Waals surface area contributed by atoms with Crippen molar-refractivity contribution in [3.8, 4) is 34.7 Å². The van der Waals surface area contributed by atoms with Crippen molar-refractivity contribution in [1.29, 1.82) is 5.26 Å². The van der Waals surface area contributed by atoms with E-state index in [0.29, 0.717) is 46.4 Å². The topological polar surface area (TPSA) is 104 Å². The molecule has 150 valence electrons. The van der Waals surface area contributed by atoms with Gasteiger partial charge < -0.3 is 19.7 Å². The van der Waals surface area contributed by atoms with Crippen LogP contribution in [0.4, 0.5) is 0 Å². The van der Waals surface area contributed by atoms with Crippen LogP contribution in [-0.4, -0.2) is 34.5 Å². The average molecular weight is 413 g/mol. The number of nitrogens with one attached hydrogen (secondary N) is 1. The van der Waals surface area contributed by atoms with Gasteiger partial charge in [0.15, 0.2) is 0 Å². The van der Waals surface area contributed by atoms with Gasteiger partial charge >= 0.3 is 0 Å². The molecule has 0 saturated carbocycles. The lowest BCUT2D eigenvalue weighted by molar-refractivity contribution is 0.241. The molecule has 0 saturated heterocycles. The van der Waals surface area contributed by atoms with Crippen molar-refractivity contribution in [3.05, 3.63) is 52.5 Å². The first kappa shape index (κ1) is 20.8. The number of benzene rings is 2. The van der Waals surface area contributed by atoms with Gasteiger partial charge in [0.05, 0.1) is 23.3 Å². The Labute approximate surface area is 173 Å². The molecular weight excluding hydrogens is 392 g/mol. The molecule has 8 heteroatoms. The molecule has 3 rings (SSSR count). The molecule has 0 unspecified atom stereocenters. The van der Waals surface area contributed by atoms with Crippen LogP contribution in [0, 0.1) is 11.3 Å². The summed E-state index contributed by atoms with van der Waals surface area (Å²) < 4.78 is 11.0. The number of aromatic nitrogens is 2. The summed E-state index contributed by atoms with van der Waals surface area (Å²) in [6, 6.07) is 12.8. The first-order chi connectivity index (χ1) is 14.0. The van der Waals surface area contributed by atoms with Gasteiger partial charge in [-0.15, -0.1) is 0 Å². The summed E-state index contributed by atoms with van der Waals surface area (Å²) in [5.74, 6) is 1.16. The standard InChI is InChI=1S/C21H21ClN4O3/c1-13(2)28-19-6-4-15(10-16(19)11-23)21-25-20(26-29-21)17-5-3-14(9-18(17)22)12-24-7-8-27/h3-6,9-10,13,24,27H,7-8,12H2,1-2H3. The molecule has 1 heterocycles. The van der Waals surface area contributed by atoms with Crippen molar-refractivity contribution >= 4 is 11.6 Å². The maximum atomic E-state index is 9.39. The lowest BCUT2D eigenvalue weighted by atomic mass is 10.1. The Kier molecular flexibility index (Phi) is 6.83. The Balaban J connectivity index is 1.83. The van der Waals surface area contributed by atoms with Gasteiger partial charge in [0, 0.05) is 24.2 Å². The molecule has 7 nitrogen and oxygen atoms in total. The summed E-state index contributed by atoms with van der Waals surface area (Å²) in [5.41, 5.74) is 2.65. The van der Waals surface area contributed by atoms with E-state index < -0.39 is 0 Å². The predicted molar refractivity (Wildman–Crippen MR) is 109 cm³/mol. The summed E-state index contributed by atoms with van der Waals surface area (Å²) in [6.45, 7) is 4.99. The molecular formula is C21H21ClN4O3. The summed E-state index contributed by atoms with van der Waals surface area (Å²) in [5, 5.41) is 25.8. The van der Waals surface area contributed by atoms with E-state index in [4.69, 9.17) is 26.0 Å². The Hall–Kier alpha value is -2.92. The van der Waals surface area contributed by atoms with Gasteiger partial charge in [0.25, 0.3) is 5.89 Å². The minimum Gasteiger partial charge on any atom is -0.490 e. The quantitative estimate of drug-likeness (QED) is 0.542. The monoisotopic (exact) mass is 412 g/mol. The van der Waals surface area contributed by atoms with E-state index in [2.05, 4.69) is 21.5 Å². The van der Waals surface area contributed by atoms with Crippen molar-refractivity contribution in [1.82, 2.24) is 15.5 Å². The van der Waals surface area contributed by atoms with Crippen LogP contribution in [0.1, 0.15) is 25.0 Å². The second kappa shape index (κ2) is 9.52. The van der Waals surface area contributed by atoms with Crippen LogP contribution >= 0.6 is 11.6 Å². The molecule has 0 atom stereocenters. The van der Waals surface area contributed by atoms with E-state index in [9.17, 15) is 5.26 Å². The third-order valence-electron chi connectivity index (χ3n) is 4.03. The van der Waals surface area contributed by atoms with E-state index in [1.165, 1.54) is 0 Å². The Bertz CT molecular complexity index is 1030. The zero-order valence-corrected chi connectivity index (χ0v) is 16.9. The minimum absolute atomic E-state index is 0.0353. The highest BCUT2D eigenvalue weighted by atomic mass is 35.5. The third kappa shape index (κ3) is 5.12. The van der Waals surface area contributed by atoms with Crippen molar-refractivity contribution in [2.45, 2.75) is 26.5 Å². The largest absolute Gasteiger partial charge is 0.490 e. The van der Waals surface area contributed by atoms with Crippen LogP contribution in [0.25, 0.3) is 22.8 Å². The highest BCUT2D eigenvalue weighted by Crippen LogP contribution is 2.30. The van der Waals surface area contributed by atoms with Gasteiger partial charge in [0.2, 0.25) is 5.82 Å². The van der Waals surface area contributed by atoms with Gasteiger partial charge in [-0.05, 0) is 49.7 Å². The number of halogens is 1. The van der Waals surface area contributed by atoms with Crippen LogP contribution in [-0.2, 0) is 6.54 Å². The number of aliphatic hydroxyl groups excluding tert-OH is 1. The van der Waals surface area contributed by atoms with Gasteiger partial charge in [-0.2, -0.15) is 10.2 Å². The van der Waals surface area contributed by atoms with Crippen molar-refractivity contribution < 1.29 is 14.4 Å². The van der Waals surface area contributed by atoms with E-state index >= 15 is 0 Å². The molecule has 0 fully saturated rings. The molecule has 1 aromatic heterocycles. The fourth-order valence-electron chi connectivity index (χ4n) is 2.72. The highest BCUT2D eigenvalue weighted by molar-refractivity contribution is 6.33. The normalized spacial score (nSPS) is 10.9. The smallest absolute Gasteiger partial charge is 0.258 e. The van der Waals surface area contributed by atoms with Crippen LogP contribution < -0.4 is 10.1 Å². The molecule has 0 bridgehead atoms. The van der Waals surface area contributed by atoms with Gasteiger partial charge in [-0.25, -0.2) is 0 Å². The SMILES string of the molecule is CC(C)Oc1ccc(-c2nc(-c3ccc(CNCCO)cc3Cl)no2)cc1C#N. The number of hydrogen-bond donors (Lipinski definition) is 2. The number of hydrogen-bond acceptors (Lipinski definition) is 7. The third-order valence-corrected chi connectivity index (χ3v) is 4.34. The molecule has 3 aromatic rings. The fourth-order valence-corrected chi connectivity index (χ4v) is 3.01. The van der Waals surface area contributed by atoms with Crippen molar-refractivity contribution in [2.75, 3.05) is 13.2 Å². The zero-order valence-electron chi connectivity index (χ0n) is 16.1. The first-order valence-electron chi connectivity index (χ1n) is 9.17. The molecule has 0 amide bonds. The average Bonchev–Trinajstić information content (AvgIpc) is 3.18. The van der Waals surface area contributed by atoms with E-state index in [1.54, 1.807) is 18.2 Å². The number of nitrogens with zero attached hydrogens (tertiary/aromatic N) is 3. The number of aliphatic hydroxyl groups is 1. The van der Waals surface area contributed by atoms with Gasteiger partial charge in [-0.3, -0.25) is 0 Å². The van der Waals surface area contributed by atoms with Crippen molar-refractivity contribution in [3.63, 3.8) is 0 Å². The van der Waals surface area contributed by atoms with E-state index in [1.807, 2.05) is 32.0 Å². The Morgan fingerprint density at radius 3 is 2.79 bits per heavy atom. The molecule has 0 aliphatic carbocycles. The van der Waals surface area contributed by atoms with Crippen LogP contribution in [0.2, 0.25) is 5.02 Å². The van der Waals surface area contributed by atoms with E-state index in [-0.39, 0.29) is 18.6 Å². The van der Waals surface area contributed by atoms with Crippen molar-refractivity contribution in [2.24, 2.45) is 0 Å². The second-order valence-electron chi connectivity index (χ2n) is 6.63. The zero-order chi connectivity index (χ0) is 20.8. The molecule has 0 radical (unpaired) electrons. The molecule has 0 spiro atoms. The highest BCUT2D eigenvalue weighted by Gasteiger charge is 2.16. The summed E-state index contributed by atoms with van der Waals surface area (Å²) in [7, 11) is 0. The Morgan fingerprint density at radius 1 is 1.28 bits per heavy atom. The fraction of sp³-hybridized carbons (Fsp3) is 0.286. The summed E-state index contributed by atoms with van der Waals surface area (Å²) in [6.07, 6.45) is -0.0353. The van der Waals surface area contributed by atoms with E-state index in [0.717, 1.165) is 5.56 Å². The lowest BCUT2D eigenvalue weighted by Gasteiger charge is -2.11. The second-order valence-corrected chi connectivity index (χ2v) is 7.03. The number of nitriles is 1. The molecule has 29 heavy (non-hydrogen) atoms. The summed E-state index contributed by atoms with van der Waals surface area (Å²) >= 11 is 6.39. The molecule has 2 aromatic carbocycles. The maximum Gasteiger partial charge on any atom is 0.258 e. The van der Waals surface area contributed by atoms with Gasteiger partial charge in [0.1, 0.15) is 11.8 Å². The molecule has 0 aliphatic rings. The number of ether oxygens (including phenoxy) is 1. The predicted octanol–water partition coefficient (Wildman–Crippen LogP) is 3.80. The van der Waals surface area contributed by atoms with Crippen LogP contribution in [0.15, 0.2) is 40.9 Å². The van der Waals surface area contributed by atoms with Gasteiger partial charge in [-0.1, -0.05) is 22.8 Å². The van der Waals surface area contributed by atoms with Crippen LogP contribution in [0.3, 0.4) is 0 Å². The summed E-state index contributed by atoms with van der Waals surface area (Å²) in [4.78, 5) is 4.42. The lowest BCUT2D eigenvalue weighted by Crippen LogP contribution is -2.17. The minimum atomic E-state index is -0.0353. The first-order valence-corrected chi connectivity index (χ1v) is 9.55. The number of rotatable bonds is 8. The molecule has 2 N–H and O–H groups in total. The maximum absolute atomic E-state index is 9.39. The Morgan fingerprint density at radius 2 is 2.10 bits per heavy atom.